The molecule has 3 rings (SSSR count). The summed E-state index contributed by atoms with van der Waals surface area (Å²) < 4.78 is 7.54. The largest absolute Gasteiger partial charge is 0.379 e. The Balaban J connectivity index is 1.52. The Kier molecular flexibility index (Phi) is 7.07. The normalized spacial score (nSPS) is 19.0. The summed E-state index contributed by atoms with van der Waals surface area (Å²) in [6.07, 6.45) is 2.73. The number of ether oxygens (including phenoxy) is 1. The van der Waals surface area contributed by atoms with Gasteiger partial charge in [0.1, 0.15) is 11.5 Å². The Bertz CT molecular complexity index is 688. The molecule has 3 heterocycles. The van der Waals surface area contributed by atoms with Gasteiger partial charge >= 0.3 is 0 Å². The molecule has 0 aromatic carbocycles. The molecule has 2 fully saturated rings. The highest BCUT2D eigenvalue weighted by molar-refractivity contribution is 5.93. The fraction of sp³-hybridized carbons (Fsp3) is 0.750. The van der Waals surface area contributed by atoms with Crippen LogP contribution in [0, 0.1) is 13.8 Å². The summed E-state index contributed by atoms with van der Waals surface area (Å²) in [6, 6.07) is 0.297. The van der Waals surface area contributed by atoms with E-state index < -0.39 is 0 Å². The molecule has 0 aliphatic carbocycles. The minimum absolute atomic E-state index is 0.0949. The van der Waals surface area contributed by atoms with Crippen molar-refractivity contribution in [1.82, 2.24) is 24.7 Å². The van der Waals surface area contributed by atoms with Crippen molar-refractivity contribution in [1.29, 1.82) is 0 Å². The number of hydrogen-bond acceptors (Lipinski definition) is 5. The molecular formula is C20H33N5O3. The summed E-state index contributed by atoms with van der Waals surface area (Å²) >= 11 is 0. The van der Waals surface area contributed by atoms with E-state index in [0.29, 0.717) is 18.3 Å². The van der Waals surface area contributed by atoms with E-state index in [-0.39, 0.29) is 11.8 Å². The lowest BCUT2D eigenvalue weighted by Crippen LogP contribution is -2.38. The SMILES string of the molecule is CC(=O)N1CCC(n2c(C)nc(C(=O)NCCCN3CCOCC3)c2C)CC1. The summed E-state index contributed by atoms with van der Waals surface area (Å²) in [7, 11) is 0. The maximum atomic E-state index is 12.6. The molecule has 1 aromatic heterocycles. The molecule has 1 N–H and O–H groups in total. The number of imidazole rings is 1. The first-order chi connectivity index (χ1) is 13.5. The van der Waals surface area contributed by atoms with Crippen LogP contribution in [0.25, 0.3) is 0 Å². The minimum Gasteiger partial charge on any atom is -0.379 e. The third-order valence-corrected chi connectivity index (χ3v) is 5.86. The first-order valence-electron chi connectivity index (χ1n) is 10.4. The van der Waals surface area contributed by atoms with Crippen LogP contribution in [0.15, 0.2) is 0 Å². The maximum absolute atomic E-state index is 12.6. The van der Waals surface area contributed by atoms with Crippen LogP contribution in [0.5, 0.6) is 0 Å². The van der Waals surface area contributed by atoms with E-state index >= 15 is 0 Å². The van der Waals surface area contributed by atoms with Crippen molar-refractivity contribution in [2.24, 2.45) is 0 Å². The van der Waals surface area contributed by atoms with Gasteiger partial charge in [0.2, 0.25) is 5.91 Å². The second-order valence-electron chi connectivity index (χ2n) is 7.76. The van der Waals surface area contributed by atoms with Crippen LogP contribution in [0.3, 0.4) is 0 Å². The molecule has 0 spiro atoms. The van der Waals surface area contributed by atoms with Gasteiger partial charge in [-0.1, -0.05) is 0 Å². The summed E-state index contributed by atoms with van der Waals surface area (Å²) in [4.78, 5) is 33.0. The van der Waals surface area contributed by atoms with Crippen molar-refractivity contribution in [2.75, 3.05) is 52.5 Å². The number of rotatable bonds is 6. The number of carbonyl (C=O) groups excluding carboxylic acids is 2. The zero-order valence-electron chi connectivity index (χ0n) is 17.4. The summed E-state index contributed by atoms with van der Waals surface area (Å²) in [5.74, 6) is 0.911. The lowest BCUT2D eigenvalue weighted by molar-refractivity contribution is -0.130. The van der Waals surface area contributed by atoms with Crippen molar-refractivity contribution in [3.05, 3.63) is 17.2 Å². The third kappa shape index (κ3) is 4.91. The predicted molar refractivity (Wildman–Crippen MR) is 106 cm³/mol. The number of aromatic nitrogens is 2. The van der Waals surface area contributed by atoms with E-state index in [0.717, 1.165) is 76.7 Å². The van der Waals surface area contributed by atoms with Crippen LogP contribution >= 0.6 is 0 Å². The number of nitrogens with zero attached hydrogens (tertiary/aromatic N) is 4. The Morgan fingerprint density at radius 3 is 2.46 bits per heavy atom. The van der Waals surface area contributed by atoms with E-state index in [1.165, 1.54) is 0 Å². The van der Waals surface area contributed by atoms with Crippen LogP contribution < -0.4 is 5.32 Å². The Hall–Kier alpha value is -1.93. The molecule has 0 saturated carbocycles. The highest BCUT2D eigenvalue weighted by Gasteiger charge is 2.26. The second kappa shape index (κ2) is 9.52. The van der Waals surface area contributed by atoms with Gasteiger partial charge in [-0.15, -0.1) is 0 Å². The highest BCUT2D eigenvalue weighted by atomic mass is 16.5. The van der Waals surface area contributed by atoms with Crippen molar-refractivity contribution in [3.63, 3.8) is 0 Å². The standard InChI is InChI=1S/C20H33N5O3/c1-15-19(20(27)21-7-4-8-23-11-13-28-14-12-23)22-16(2)25(15)18-5-9-24(10-6-18)17(3)26/h18H,4-14H2,1-3H3,(H,21,27). The molecule has 2 saturated heterocycles. The van der Waals surface area contributed by atoms with Crippen LogP contribution in [0.4, 0.5) is 0 Å². The topological polar surface area (TPSA) is 79.7 Å². The van der Waals surface area contributed by atoms with Crippen molar-refractivity contribution in [3.8, 4) is 0 Å². The molecule has 0 bridgehead atoms. The van der Waals surface area contributed by atoms with E-state index in [1.54, 1.807) is 6.92 Å². The number of amides is 2. The average Bonchev–Trinajstić information content (AvgIpc) is 3.00. The van der Waals surface area contributed by atoms with Gasteiger partial charge in [-0.05, 0) is 39.7 Å². The van der Waals surface area contributed by atoms with Crippen molar-refractivity contribution >= 4 is 11.8 Å². The van der Waals surface area contributed by atoms with E-state index in [2.05, 4.69) is 19.8 Å². The molecule has 0 unspecified atom stereocenters. The Morgan fingerprint density at radius 2 is 1.82 bits per heavy atom. The molecule has 0 atom stereocenters. The Labute approximate surface area is 167 Å². The second-order valence-corrected chi connectivity index (χ2v) is 7.76. The molecule has 2 amide bonds. The summed E-state index contributed by atoms with van der Waals surface area (Å²) in [5, 5.41) is 3.02. The molecule has 1 aromatic rings. The molecule has 156 valence electrons. The molecule has 8 heteroatoms. The molecule has 0 radical (unpaired) electrons. The molecular weight excluding hydrogens is 358 g/mol. The lowest BCUT2D eigenvalue weighted by Gasteiger charge is -2.33. The highest BCUT2D eigenvalue weighted by Crippen LogP contribution is 2.27. The Morgan fingerprint density at radius 1 is 1.14 bits per heavy atom. The van der Waals surface area contributed by atoms with E-state index in [4.69, 9.17) is 4.74 Å². The van der Waals surface area contributed by atoms with Gasteiger partial charge in [0.15, 0.2) is 0 Å². The monoisotopic (exact) mass is 391 g/mol. The smallest absolute Gasteiger partial charge is 0.271 e. The van der Waals surface area contributed by atoms with Gasteiger partial charge in [0.05, 0.1) is 13.2 Å². The third-order valence-electron chi connectivity index (χ3n) is 5.86. The van der Waals surface area contributed by atoms with Crippen LogP contribution in [-0.2, 0) is 9.53 Å². The van der Waals surface area contributed by atoms with Gasteiger partial charge in [-0.2, -0.15) is 0 Å². The fourth-order valence-corrected chi connectivity index (χ4v) is 4.26. The first kappa shape index (κ1) is 20.8. The van der Waals surface area contributed by atoms with Crippen LogP contribution in [-0.4, -0.2) is 83.6 Å². The number of morpholine rings is 1. The average molecular weight is 392 g/mol. The minimum atomic E-state index is -0.0949. The van der Waals surface area contributed by atoms with Crippen molar-refractivity contribution in [2.45, 2.75) is 46.1 Å². The van der Waals surface area contributed by atoms with Gasteiger partial charge < -0.3 is 19.5 Å². The molecule has 2 aliphatic heterocycles. The quantitative estimate of drug-likeness (QED) is 0.736. The number of piperidine rings is 1. The molecule has 2 aliphatic rings. The fourth-order valence-electron chi connectivity index (χ4n) is 4.26. The zero-order valence-corrected chi connectivity index (χ0v) is 17.4. The number of likely N-dealkylation sites (tertiary alicyclic amines) is 1. The number of aryl methyl sites for hydroxylation is 1. The van der Waals surface area contributed by atoms with E-state index in [9.17, 15) is 9.59 Å². The predicted octanol–water partition coefficient (Wildman–Crippen LogP) is 1.14. The maximum Gasteiger partial charge on any atom is 0.271 e. The van der Waals surface area contributed by atoms with Gasteiger partial charge in [-0.3, -0.25) is 14.5 Å². The molecule has 8 nitrogen and oxygen atoms in total. The zero-order chi connectivity index (χ0) is 20.1. The van der Waals surface area contributed by atoms with E-state index in [1.807, 2.05) is 18.7 Å². The number of nitrogens with one attached hydrogen (secondary N) is 1. The van der Waals surface area contributed by atoms with Crippen molar-refractivity contribution < 1.29 is 14.3 Å². The number of carbonyl (C=O) groups is 2. The lowest BCUT2D eigenvalue weighted by atomic mass is 10.0. The first-order valence-corrected chi connectivity index (χ1v) is 10.4. The van der Waals surface area contributed by atoms with Gasteiger partial charge in [0, 0.05) is 51.4 Å². The van der Waals surface area contributed by atoms with Gasteiger partial charge in [-0.25, -0.2) is 4.98 Å². The van der Waals surface area contributed by atoms with Crippen LogP contribution in [0.2, 0.25) is 0 Å². The summed E-state index contributed by atoms with van der Waals surface area (Å²) in [5.41, 5.74) is 1.45. The summed E-state index contributed by atoms with van der Waals surface area (Å²) in [6.45, 7) is 12.2. The number of hydrogen-bond donors (Lipinski definition) is 1. The molecule has 28 heavy (non-hydrogen) atoms. The van der Waals surface area contributed by atoms with Crippen LogP contribution in [0.1, 0.15) is 54.2 Å². The van der Waals surface area contributed by atoms with Gasteiger partial charge in [0.25, 0.3) is 5.91 Å².